The molecule has 3 rings (SSSR count). The highest BCUT2D eigenvalue weighted by Crippen LogP contribution is 2.29. The number of halogens is 2. The smallest absolute Gasteiger partial charge is 0.352 e. The van der Waals surface area contributed by atoms with Gasteiger partial charge in [0.15, 0.2) is 6.10 Å². The standard InChI is InChI=1S/C19H14I2O3/c1-12(23-15-9-7-14(20)8-10-15)19(22)24-17-11-6-13-4-2-3-5-16(13)18(17)21/h2-12H,1H3/t12-/m0/s1. The Bertz CT molecular complexity index is 875. The molecule has 0 spiro atoms. The molecule has 0 N–H and O–H groups in total. The number of fused-ring (bicyclic) bond motifs is 1. The zero-order valence-electron chi connectivity index (χ0n) is 12.8. The molecule has 5 heteroatoms. The van der Waals surface area contributed by atoms with Crippen LogP contribution in [0.1, 0.15) is 6.92 Å². The van der Waals surface area contributed by atoms with Crippen LogP contribution in [-0.2, 0) is 4.79 Å². The molecular formula is C19H14I2O3. The maximum Gasteiger partial charge on any atom is 0.352 e. The molecule has 0 fully saturated rings. The van der Waals surface area contributed by atoms with Gasteiger partial charge in [0.05, 0.1) is 3.57 Å². The molecule has 0 saturated carbocycles. The van der Waals surface area contributed by atoms with Crippen molar-refractivity contribution in [2.75, 3.05) is 0 Å². The van der Waals surface area contributed by atoms with Gasteiger partial charge in [-0.15, -0.1) is 0 Å². The molecule has 1 atom stereocenters. The largest absolute Gasteiger partial charge is 0.479 e. The van der Waals surface area contributed by atoms with Crippen LogP contribution in [0.4, 0.5) is 0 Å². The van der Waals surface area contributed by atoms with Gasteiger partial charge in [-0.25, -0.2) is 4.79 Å². The number of ether oxygens (including phenoxy) is 2. The van der Waals surface area contributed by atoms with Crippen molar-refractivity contribution in [3.63, 3.8) is 0 Å². The van der Waals surface area contributed by atoms with Gasteiger partial charge in [-0.2, -0.15) is 0 Å². The van der Waals surface area contributed by atoms with Crippen molar-refractivity contribution in [1.82, 2.24) is 0 Å². The summed E-state index contributed by atoms with van der Waals surface area (Å²) >= 11 is 4.42. The molecule has 122 valence electrons. The first-order chi connectivity index (χ1) is 11.5. The third kappa shape index (κ3) is 4.00. The van der Waals surface area contributed by atoms with Crippen LogP contribution in [0, 0.1) is 7.14 Å². The number of hydrogen-bond donors (Lipinski definition) is 0. The molecule has 3 nitrogen and oxygen atoms in total. The minimum atomic E-state index is -0.688. The fraction of sp³-hybridized carbons (Fsp3) is 0.105. The zero-order valence-corrected chi connectivity index (χ0v) is 17.1. The molecule has 0 amide bonds. The Kier molecular flexibility index (Phi) is 5.60. The molecule has 0 radical (unpaired) electrons. The van der Waals surface area contributed by atoms with Crippen molar-refractivity contribution in [1.29, 1.82) is 0 Å². The Morgan fingerprint density at radius 3 is 2.42 bits per heavy atom. The molecule has 3 aromatic carbocycles. The first kappa shape index (κ1) is 17.5. The number of hydrogen-bond acceptors (Lipinski definition) is 3. The van der Waals surface area contributed by atoms with Gasteiger partial charge in [0, 0.05) is 3.57 Å². The molecule has 0 saturated heterocycles. The molecule has 3 aromatic rings. The van der Waals surface area contributed by atoms with E-state index in [1.165, 1.54) is 0 Å². The van der Waals surface area contributed by atoms with Crippen LogP contribution in [0.3, 0.4) is 0 Å². The van der Waals surface area contributed by atoms with Crippen LogP contribution in [0.5, 0.6) is 11.5 Å². The van der Waals surface area contributed by atoms with Crippen molar-refractivity contribution >= 4 is 61.9 Å². The summed E-state index contributed by atoms with van der Waals surface area (Å²) in [6.45, 7) is 1.69. The monoisotopic (exact) mass is 544 g/mol. The minimum Gasteiger partial charge on any atom is -0.479 e. The third-order valence-electron chi connectivity index (χ3n) is 3.50. The first-order valence-electron chi connectivity index (χ1n) is 7.36. The van der Waals surface area contributed by atoms with E-state index in [2.05, 4.69) is 45.2 Å². The van der Waals surface area contributed by atoms with E-state index in [-0.39, 0.29) is 0 Å². The van der Waals surface area contributed by atoms with Crippen molar-refractivity contribution in [2.45, 2.75) is 13.0 Å². The summed E-state index contributed by atoms with van der Waals surface area (Å²) in [4.78, 5) is 12.3. The number of esters is 1. The van der Waals surface area contributed by atoms with E-state index in [4.69, 9.17) is 9.47 Å². The predicted molar refractivity (Wildman–Crippen MR) is 112 cm³/mol. The zero-order chi connectivity index (χ0) is 17.1. The predicted octanol–water partition coefficient (Wildman–Crippen LogP) is 5.42. The van der Waals surface area contributed by atoms with Gasteiger partial charge in [0.2, 0.25) is 0 Å². The van der Waals surface area contributed by atoms with Gasteiger partial charge in [0.25, 0.3) is 0 Å². The lowest BCUT2D eigenvalue weighted by atomic mass is 10.1. The number of benzene rings is 3. The van der Waals surface area contributed by atoms with Gasteiger partial charge in [-0.05, 0) is 93.2 Å². The maximum absolute atomic E-state index is 12.3. The van der Waals surface area contributed by atoms with E-state index in [0.29, 0.717) is 11.5 Å². The van der Waals surface area contributed by atoms with Crippen LogP contribution < -0.4 is 9.47 Å². The highest BCUT2D eigenvalue weighted by atomic mass is 127. The van der Waals surface area contributed by atoms with E-state index >= 15 is 0 Å². The van der Waals surface area contributed by atoms with Gasteiger partial charge in [-0.1, -0.05) is 30.3 Å². The Morgan fingerprint density at radius 1 is 0.958 bits per heavy atom. The van der Waals surface area contributed by atoms with E-state index in [9.17, 15) is 4.79 Å². The van der Waals surface area contributed by atoms with Crippen molar-refractivity contribution < 1.29 is 14.3 Å². The first-order valence-corrected chi connectivity index (χ1v) is 9.51. The number of rotatable bonds is 4. The lowest BCUT2D eigenvalue weighted by molar-refractivity contribution is -0.141. The van der Waals surface area contributed by atoms with Gasteiger partial charge < -0.3 is 9.47 Å². The fourth-order valence-corrected chi connectivity index (χ4v) is 3.39. The minimum absolute atomic E-state index is 0.415. The molecule has 0 aliphatic rings. The highest BCUT2D eigenvalue weighted by molar-refractivity contribution is 14.1. The van der Waals surface area contributed by atoms with Gasteiger partial charge >= 0.3 is 5.97 Å². The van der Waals surface area contributed by atoms with E-state index in [1.54, 1.807) is 6.92 Å². The summed E-state index contributed by atoms with van der Waals surface area (Å²) in [6, 6.07) is 19.3. The second kappa shape index (κ2) is 7.69. The normalized spacial score (nSPS) is 12.0. The Balaban J connectivity index is 1.74. The molecule has 0 bridgehead atoms. The summed E-state index contributed by atoms with van der Waals surface area (Å²) in [5.74, 6) is 0.784. The van der Waals surface area contributed by atoms with Crippen LogP contribution in [0.25, 0.3) is 10.8 Å². The van der Waals surface area contributed by atoms with E-state index < -0.39 is 12.1 Å². The molecule has 24 heavy (non-hydrogen) atoms. The van der Waals surface area contributed by atoms with Gasteiger partial charge in [-0.3, -0.25) is 0 Å². The summed E-state index contributed by atoms with van der Waals surface area (Å²) < 4.78 is 13.2. The molecule has 0 aromatic heterocycles. The maximum atomic E-state index is 12.3. The quantitative estimate of drug-likeness (QED) is 0.250. The Labute approximate surface area is 167 Å². The summed E-state index contributed by atoms with van der Waals surface area (Å²) in [5, 5.41) is 2.18. The van der Waals surface area contributed by atoms with Crippen LogP contribution >= 0.6 is 45.2 Å². The van der Waals surface area contributed by atoms with E-state index in [1.807, 2.05) is 60.7 Å². The SMILES string of the molecule is C[C@H](Oc1ccc(I)cc1)C(=O)Oc1ccc2ccccc2c1I. The molecule has 0 unspecified atom stereocenters. The molecular weight excluding hydrogens is 530 g/mol. The van der Waals surface area contributed by atoms with Gasteiger partial charge in [0.1, 0.15) is 11.5 Å². The molecule has 0 aliphatic heterocycles. The highest BCUT2D eigenvalue weighted by Gasteiger charge is 2.19. The molecule has 0 aliphatic carbocycles. The Morgan fingerprint density at radius 2 is 1.67 bits per heavy atom. The second-order valence-corrected chi connectivity index (χ2v) is 7.56. The lowest BCUT2D eigenvalue weighted by Crippen LogP contribution is -2.28. The van der Waals surface area contributed by atoms with Crippen molar-refractivity contribution in [3.8, 4) is 11.5 Å². The summed E-state index contributed by atoms with van der Waals surface area (Å²) in [5.41, 5.74) is 0. The van der Waals surface area contributed by atoms with Crippen LogP contribution in [0.15, 0.2) is 60.7 Å². The lowest BCUT2D eigenvalue weighted by Gasteiger charge is -2.15. The Hall–Kier alpha value is -1.35. The van der Waals surface area contributed by atoms with Crippen LogP contribution in [0.2, 0.25) is 0 Å². The van der Waals surface area contributed by atoms with Crippen LogP contribution in [-0.4, -0.2) is 12.1 Å². The third-order valence-corrected chi connectivity index (χ3v) is 5.33. The fourth-order valence-electron chi connectivity index (χ4n) is 2.25. The average molecular weight is 544 g/mol. The summed E-state index contributed by atoms with van der Waals surface area (Å²) in [6.07, 6.45) is -0.688. The second-order valence-electron chi connectivity index (χ2n) is 5.23. The average Bonchev–Trinajstić information content (AvgIpc) is 2.59. The van der Waals surface area contributed by atoms with E-state index in [0.717, 1.165) is 17.9 Å². The van der Waals surface area contributed by atoms with Crippen molar-refractivity contribution in [2.24, 2.45) is 0 Å². The van der Waals surface area contributed by atoms with Crippen molar-refractivity contribution in [3.05, 3.63) is 67.8 Å². The number of carbonyl (C=O) groups is 1. The molecule has 0 heterocycles. The summed E-state index contributed by atoms with van der Waals surface area (Å²) in [7, 11) is 0. The number of carbonyl (C=O) groups excluding carboxylic acids is 1. The topological polar surface area (TPSA) is 35.5 Å².